The molecule has 0 saturated heterocycles. The molecule has 1 heterocycles. The summed E-state index contributed by atoms with van der Waals surface area (Å²) in [5, 5.41) is 0. The van der Waals surface area contributed by atoms with Crippen LogP contribution in [-0.2, 0) is 6.54 Å². The minimum Gasteiger partial charge on any atom is -0.298 e. The molecule has 0 unspecified atom stereocenters. The van der Waals surface area contributed by atoms with Crippen molar-refractivity contribution < 1.29 is 9.36 Å². The zero-order valence-corrected chi connectivity index (χ0v) is 13.7. The molecule has 0 bridgehead atoms. The standard InChI is InChI=1S/C22H20NO/c1-18-15-23(16-20-5-3-2-4-6-20)14-13-22(18)12-11-19-7-9-21(17-24)10-8-19/h2-15,17H,16H2,1H3/q+1/b12-11+. The summed E-state index contributed by atoms with van der Waals surface area (Å²) in [6, 6.07) is 20.1. The van der Waals surface area contributed by atoms with E-state index in [0.717, 1.165) is 18.4 Å². The fourth-order valence-electron chi connectivity index (χ4n) is 2.63. The van der Waals surface area contributed by atoms with Gasteiger partial charge in [-0.15, -0.1) is 0 Å². The van der Waals surface area contributed by atoms with Crippen LogP contribution in [0, 0.1) is 6.92 Å². The van der Waals surface area contributed by atoms with Gasteiger partial charge in [-0.1, -0.05) is 66.7 Å². The molecule has 3 aromatic rings. The molecule has 2 nitrogen and oxygen atoms in total. The van der Waals surface area contributed by atoms with E-state index >= 15 is 0 Å². The predicted molar refractivity (Wildman–Crippen MR) is 97.7 cm³/mol. The number of hydrogen-bond donors (Lipinski definition) is 0. The Kier molecular flexibility index (Phi) is 4.97. The van der Waals surface area contributed by atoms with Gasteiger partial charge < -0.3 is 0 Å². The quantitative estimate of drug-likeness (QED) is 0.508. The van der Waals surface area contributed by atoms with Gasteiger partial charge in [0.15, 0.2) is 18.9 Å². The lowest BCUT2D eigenvalue weighted by Gasteiger charge is -2.02. The molecule has 2 heteroatoms. The fourth-order valence-corrected chi connectivity index (χ4v) is 2.63. The number of rotatable bonds is 5. The third-order valence-corrected chi connectivity index (χ3v) is 4.00. The van der Waals surface area contributed by atoms with Crippen molar-refractivity contribution >= 4 is 18.4 Å². The van der Waals surface area contributed by atoms with E-state index in [0.29, 0.717) is 5.56 Å². The maximum absolute atomic E-state index is 10.7. The Labute approximate surface area is 142 Å². The summed E-state index contributed by atoms with van der Waals surface area (Å²) >= 11 is 0. The molecule has 1 aromatic heterocycles. The summed E-state index contributed by atoms with van der Waals surface area (Å²) in [6.45, 7) is 3.00. The minimum absolute atomic E-state index is 0.699. The van der Waals surface area contributed by atoms with E-state index in [9.17, 15) is 4.79 Å². The van der Waals surface area contributed by atoms with Gasteiger partial charge in [0.2, 0.25) is 0 Å². The van der Waals surface area contributed by atoms with E-state index in [-0.39, 0.29) is 0 Å². The Hall–Kier alpha value is -3.00. The van der Waals surface area contributed by atoms with Gasteiger partial charge in [0, 0.05) is 22.8 Å². The van der Waals surface area contributed by atoms with Crippen LogP contribution in [0.4, 0.5) is 0 Å². The molecule has 3 rings (SSSR count). The highest BCUT2D eigenvalue weighted by molar-refractivity contribution is 5.76. The van der Waals surface area contributed by atoms with Gasteiger partial charge in [-0.25, -0.2) is 4.57 Å². The van der Waals surface area contributed by atoms with Gasteiger partial charge >= 0.3 is 0 Å². The van der Waals surface area contributed by atoms with Crippen molar-refractivity contribution in [3.05, 3.63) is 101 Å². The second-order valence-electron chi connectivity index (χ2n) is 5.86. The van der Waals surface area contributed by atoms with Crippen molar-refractivity contribution in [3.8, 4) is 0 Å². The maximum atomic E-state index is 10.7. The topological polar surface area (TPSA) is 20.9 Å². The van der Waals surface area contributed by atoms with Gasteiger partial charge in [0.05, 0.1) is 0 Å². The van der Waals surface area contributed by atoms with E-state index < -0.39 is 0 Å². The Bertz CT molecular complexity index is 849. The van der Waals surface area contributed by atoms with Crippen LogP contribution in [0.3, 0.4) is 0 Å². The van der Waals surface area contributed by atoms with Crippen molar-refractivity contribution in [2.75, 3.05) is 0 Å². The van der Waals surface area contributed by atoms with Crippen LogP contribution in [0.1, 0.15) is 32.6 Å². The predicted octanol–water partition coefficient (Wildman–Crippen LogP) is 4.31. The Balaban J connectivity index is 1.74. The van der Waals surface area contributed by atoms with Gasteiger partial charge in [0.25, 0.3) is 0 Å². The minimum atomic E-state index is 0.699. The number of carbonyl (C=O) groups is 1. The van der Waals surface area contributed by atoms with E-state index in [1.165, 1.54) is 16.7 Å². The van der Waals surface area contributed by atoms with Crippen LogP contribution in [-0.4, -0.2) is 6.29 Å². The van der Waals surface area contributed by atoms with Crippen molar-refractivity contribution in [2.24, 2.45) is 0 Å². The number of hydrogen-bond acceptors (Lipinski definition) is 1. The average Bonchev–Trinajstić information content (AvgIpc) is 2.62. The first kappa shape index (κ1) is 15.9. The van der Waals surface area contributed by atoms with Crippen molar-refractivity contribution in [2.45, 2.75) is 13.5 Å². The smallest absolute Gasteiger partial charge is 0.173 e. The van der Waals surface area contributed by atoms with Crippen LogP contribution in [0.2, 0.25) is 0 Å². The fraction of sp³-hybridized carbons (Fsp3) is 0.0909. The Morgan fingerprint density at radius 3 is 2.25 bits per heavy atom. The molecule has 0 spiro atoms. The SMILES string of the molecule is Cc1c[n+](Cc2ccccc2)ccc1/C=C/c1ccc(C=O)cc1. The Morgan fingerprint density at radius 1 is 0.875 bits per heavy atom. The molecule has 0 aliphatic rings. The molecule has 0 aliphatic heterocycles. The van der Waals surface area contributed by atoms with Crippen molar-refractivity contribution in [1.29, 1.82) is 0 Å². The highest BCUT2D eigenvalue weighted by Gasteiger charge is 2.05. The van der Waals surface area contributed by atoms with E-state index in [1.807, 2.05) is 30.3 Å². The van der Waals surface area contributed by atoms with Crippen LogP contribution in [0.25, 0.3) is 12.2 Å². The monoisotopic (exact) mass is 314 g/mol. The van der Waals surface area contributed by atoms with Crippen LogP contribution in [0.5, 0.6) is 0 Å². The first-order chi connectivity index (χ1) is 11.7. The molecule has 118 valence electrons. The summed E-state index contributed by atoms with van der Waals surface area (Å²) in [4.78, 5) is 10.7. The summed E-state index contributed by atoms with van der Waals surface area (Å²) < 4.78 is 2.20. The first-order valence-corrected chi connectivity index (χ1v) is 8.01. The number of benzene rings is 2. The molecule has 24 heavy (non-hydrogen) atoms. The van der Waals surface area contributed by atoms with Crippen LogP contribution >= 0.6 is 0 Å². The molecule has 0 aliphatic carbocycles. The molecule has 0 radical (unpaired) electrons. The second kappa shape index (κ2) is 7.51. The van der Waals surface area contributed by atoms with Crippen LogP contribution < -0.4 is 4.57 Å². The number of aromatic nitrogens is 1. The second-order valence-corrected chi connectivity index (χ2v) is 5.86. The number of aldehydes is 1. The van der Waals surface area contributed by atoms with E-state index in [2.05, 4.69) is 66.4 Å². The molecular formula is C22H20NO+. The number of aryl methyl sites for hydroxylation is 1. The third-order valence-electron chi connectivity index (χ3n) is 4.00. The highest BCUT2D eigenvalue weighted by Crippen LogP contribution is 2.11. The first-order valence-electron chi connectivity index (χ1n) is 8.01. The molecule has 0 N–H and O–H groups in total. The summed E-state index contributed by atoms with van der Waals surface area (Å²) in [5.74, 6) is 0. The molecule has 0 fully saturated rings. The van der Waals surface area contributed by atoms with Crippen LogP contribution in [0.15, 0.2) is 73.1 Å². The lowest BCUT2D eigenvalue weighted by molar-refractivity contribution is -0.688. The number of carbonyl (C=O) groups excluding carboxylic acids is 1. The summed E-state index contributed by atoms with van der Waals surface area (Å²) in [6.07, 6.45) is 9.31. The van der Waals surface area contributed by atoms with Gasteiger partial charge in [-0.3, -0.25) is 4.79 Å². The largest absolute Gasteiger partial charge is 0.298 e. The van der Waals surface area contributed by atoms with Crippen molar-refractivity contribution in [3.63, 3.8) is 0 Å². The number of nitrogens with zero attached hydrogens (tertiary/aromatic N) is 1. The van der Waals surface area contributed by atoms with Gasteiger partial charge in [0.1, 0.15) is 6.29 Å². The summed E-state index contributed by atoms with van der Waals surface area (Å²) in [5.41, 5.74) is 5.50. The van der Waals surface area contributed by atoms with Crippen molar-refractivity contribution in [1.82, 2.24) is 0 Å². The average molecular weight is 314 g/mol. The molecule has 0 amide bonds. The highest BCUT2D eigenvalue weighted by atomic mass is 16.1. The van der Waals surface area contributed by atoms with E-state index in [4.69, 9.17) is 0 Å². The molecular weight excluding hydrogens is 294 g/mol. The zero-order chi connectivity index (χ0) is 16.8. The van der Waals surface area contributed by atoms with Gasteiger partial charge in [-0.2, -0.15) is 0 Å². The number of pyridine rings is 1. The lowest BCUT2D eigenvalue weighted by Crippen LogP contribution is -2.33. The van der Waals surface area contributed by atoms with Gasteiger partial charge in [-0.05, 0) is 18.1 Å². The zero-order valence-electron chi connectivity index (χ0n) is 13.7. The molecule has 0 atom stereocenters. The lowest BCUT2D eigenvalue weighted by atomic mass is 10.1. The normalized spacial score (nSPS) is 10.9. The third kappa shape index (κ3) is 4.05. The Morgan fingerprint density at radius 2 is 1.58 bits per heavy atom. The molecule has 0 saturated carbocycles. The maximum Gasteiger partial charge on any atom is 0.173 e. The van der Waals surface area contributed by atoms with E-state index in [1.54, 1.807) is 0 Å². The summed E-state index contributed by atoms with van der Waals surface area (Å²) in [7, 11) is 0. The molecule has 2 aromatic carbocycles.